The molecule has 0 saturated carbocycles. The van der Waals surface area contributed by atoms with Crippen LogP contribution < -0.4 is 20.3 Å². The molecule has 32 heavy (non-hydrogen) atoms. The van der Waals surface area contributed by atoms with Crippen molar-refractivity contribution in [3.8, 4) is 5.75 Å². The van der Waals surface area contributed by atoms with Gasteiger partial charge in [-0.15, -0.1) is 0 Å². The van der Waals surface area contributed by atoms with Gasteiger partial charge in [-0.25, -0.2) is 13.1 Å². The summed E-state index contributed by atoms with van der Waals surface area (Å²) in [6.07, 6.45) is 1.57. The summed E-state index contributed by atoms with van der Waals surface area (Å²) in [5.74, 6) is -0.665. The lowest BCUT2D eigenvalue weighted by atomic mass is 10.1. The maximum Gasteiger partial charge on any atom is 0.276 e. The molecule has 1 aliphatic rings. The Morgan fingerprint density at radius 3 is 2.62 bits per heavy atom. The lowest BCUT2D eigenvalue weighted by molar-refractivity contribution is -0.123. The first-order valence-corrected chi connectivity index (χ1v) is 11.7. The molecule has 0 aromatic heterocycles. The summed E-state index contributed by atoms with van der Waals surface area (Å²) in [4.78, 5) is 24.3. The first kappa shape index (κ1) is 23.7. The van der Waals surface area contributed by atoms with Crippen LogP contribution in [0.1, 0.15) is 34.3 Å². The Morgan fingerprint density at radius 1 is 1.09 bits per heavy atom. The van der Waals surface area contributed by atoms with Gasteiger partial charge in [0.2, 0.25) is 10.0 Å². The Morgan fingerprint density at radius 2 is 1.91 bits per heavy atom. The van der Waals surface area contributed by atoms with Crippen molar-refractivity contribution < 1.29 is 27.5 Å². The van der Waals surface area contributed by atoms with Gasteiger partial charge >= 0.3 is 0 Å². The van der Waals surface area contributed by atoms with Crippen LogP contribution in [0.25, 0.3) is 0 Å². The Hall–Kier alpha value is -2.95. The summed E-state index contributed by atoms with van der Waals surface area (Å²) in [7, 11) is -3.80. The fourth-order valence-electron chi connectivity index (χ4n) is 3.08. The molecule has 3 N–H and O–H groups in total. The van der Waals surface area contributed by atoms with Crippen LogP contribution in [0.5, 0.6) is 5.75 Å². The van der Waals surface area contributed by atoms with E-state index < -0.39 is 21.8 Å². The van der Waals surface area contributed by atoms with Crippen molar-refractivity contribution in [3.63, 3.8) is 0 Å². The Kier molecular flexibility index (Phi) is 7.84. The third kappa shape index (κ3) is 6.52. The quantitative estimate of drug-likeness (QED) is 0.513. The highest BCUT2D eigenvalue weighted by Crippen LogP contribution is 2.16. The molecule has 1 atom stereocenters. The molecule has 1 unspecified atom stereocenters. The summed E-state index contributed by atoms with van der Waals surface area (Å²) >= 11 is 0. The summed E-state index contributed by atoms with van der Waals surface area (Å²) < 4.78 is 38.4. The number of nitrogens with one attached hydrogen (secondary N) is 3. The Labute approximate surface area is 187 Å². The van der Waals surface area contributed by atoms with E-state index in [2.05, 4.69) is 15.6 Å². The van der Waals surface area contributed by atoms with Crippen molar-refractivity contribution in [2.24, 2.45) is 0 Å². The number of ether oxygens (including phenoxy) is 2. The number of aryl methyl sites for hydroxylation is 2. The third-order valence-corrected chi connectivity index (χ3v) is 6.52. The second kappa shape index (κ2) is 10.6. The molecule has 2 aromatic carbocycles. The average Bonchev–Trinajstić information content (AvgIpc) is 3.31. The van der Waals surface area contributed by atoms with Crippen LogP contribution in [-0.4, -0.2) is 46.1 Å². The van der Waals surface area contributed by atoms with Crippen LogP contribution in [0.4, 0.5) is 0 Å². The van der Waals surface area contributed by atoms with E-state index in [9.17, 15) is 18.0 Å². The van der Waals surface area contributed by atoms with E-state index in [4.69, 9.17) is 9.47 Å². The molecule has 1 aliphatic heterocycles. The summed E-state index contributed by atoms with van der Waals surface area (Å²) in [6, 6.07) is 11.0. The topological polar surface area (TPSA) is 123 Å². The van der Waals surface area contributed by atoms with E-state index in [1.165, 1.54) is 24.3 Å². The molecule has 0 radical (unpaired) electrons. The van der Waals surface area contributed by atoms with Gasteiger partial charge in [0.1, 0.15) is 5.75 Å². The average molecular weight is 462 g/mol. The predicted octanol–water partition coefficient (Wildman–Crippen LogP) is 1.60. The van der Waals surface area contributed by atoms with Crippen LogP contribution in [0.2, 0.25) is 0 Å². The van der Waals surface area contributed by atoms with Crippen LogP contribution in [0.15, 0.2) is 47.4 Å². The predicted molar refractivity (Wildman–Crippen MR) is 118 cm³/mol. The number of benzene rings is 2. The molecule has 1 saturated heterocycles. The number of hydrogen-bond donors (Lipinski definition) is 3. The molecule has 3 rings (SSSR count). The van der Waals surface area contributed by atoms with Crippen molar-refractivity contribution in [3.05, 3.63) is 59.2 Å². The van der Waals surface area contributed by atoms with E-state index in [-0.39, 0.29) is 29.7 Å². The molecule has 0 aliphatic carbocycles. The zero-order chi connectivity index (χ0) is 23.1. The molecule has 10 heteroatoms. The van der Waals surface area contributed by atoms with E-state index in [1.54, 1.807) is 6.07 Å². The van der Waals surface area contributed by atoms with Crippen molar-refractivity contribution in [2.75, 3.05) is 19.8 Å². The highest BCUT2D eigenvalue weighted by Gasteiger charge is 2.21. The van der Waals surface area contributed by atoms with E-state index in [0.29, 0.717) is 12.4 Å². The van der Waals surface area contributed by atoms with Crippen LogP contribution in [0, 0.1) is 13.8 Å². The lowest BCUT2D eigenvalue weighted by Gasteiger charge is -2.12. The molecular formula is C22H27N3O6S. The van der Waals surface area contributed by atoms with E-state index >= 15 is 0 Å². The number of sulfonamides is 1. The zero-order valence-corrected chi connectivity index (χ0v) is 18.8. The van der Waals surface area contributed by atoms with E-state index in [1.807, 2.05) is 26.0 Å². The van der Waals surface area contributed by atoms with Gasteiger partial charge in [-0.3, -0.25) is 20.4 Å². The zero-order valence-electron chi connectivity index (χ0n) is 18.0. The monoisotopic (exact) mass is 461 g/mol. The smallest absolute Gasteiger partial charge is 0.276 e. The van der Waals surface area contributed by atoms with Gasteiger partial charge in [-0.05, 0) is 68.1 Å². The van der Waals surface area contributed by atoms with Crippen LogP contribution in [-0.2, 0) is 19.6 Å². The number of rotatable bonds is 8. The van der Waals surface area contributed by atoms with E-state index in [0.717, 1.165) is 24.0 Å². The summed E-state index contributed by atoms with van der Waals surface area (Å²) in [5, 5.41) is 0. The largest absolute Gasteiger partial charge is 0.484 e. The van der Waals surface area contributed by atoms with Gasteiger partial charge in [0, 0.05) is 18.7 Å². The molecule has 2 amide bonds. The van der Waals surface area contributed by atoms with Gasteiger partial charge in [0.25, 0.3) is 11.8 Å². The Balaban J connectivity index is 1.51. The fraction of sp³-hybridized carbons (Fsp3) is 0.364. The fourth-order valence-corrected chi connectivity index (χ4v) is 4.19. The molecule has 2 aromatic rings. The van der Waals surface area contributed by atoms with Gasteiger partial charge in [0.15, 0.2) is 6.61 Å². The first-order chi connectivity index (χ1) is 15.2. The van der Waals surface area contributed by atoms with Gasteiger partial charge < -0.3 is 9.47 Å². The maximum atomic E-state index is 12.5. The molecule has 0 spiro atoms. The number of carbonyl (C=O) groups is 2. The molecule has 1 fully saturated rings. The van der Waals surface area contributed by atoms with Crippen molar-refractivity contribution in [2.45, 2.75) is 37.7 Å². The first-order valence-electron chi connectivity index (χ1n) is 10.3. The molecule has 1 heterocycles. The van der Waals surface area contributed by atoms with Gasteiger partial charge in [-0.1, -0.05) is 12.1 Å². The number of carbonyl (C=O) groups excluding carboxylic acids is 2. The highest BCUT2D eigenvalue weighted by atomic mass is 32.2. The van der Waals surface area contributed by atoms with Crippen molar-refractivity contribution >= 4 is 21.8 Å². The van der Waals surface area contributed by atoms with Crippen LogP contribution >= 0.6 is 0 Å². The van der Waals surface area contributed by atoms with Crippen molar-refractivity contribution in [1.82, 2.24) is 15.6 Å². The Bertz CT molecular complexity index is 1080. The second-order valence-electron chi connectivity index (χ2n) is 7.55. The standard InChI is InChI=1S/C22H27N3O6S/c1-15-8-9-18(11-16(15)2)31-14-21(26)24-25-22(27)17-5-3-7-20(12-17)32(28,29)23-13-19-6-4-10-30-19/h3,5,7-9,11-12,19,23H,4,6,10,13-14H2,1-2H3,(H,24,26)(H,25,27). The van der Waals surface area contributed by atoms with Gasteiger partial charge in [0.05, 0.1) is 11.0 Å². The highest BCUT2D eigenvalue weighted by molar-refractivity contribution is 7.89. The normalized spacial score (nSPS) is 15.9. The molecule has 0 bridgehead atoms. The summed E-state index contributed by atoms with van der Waals surface area (Å²) in [5.41, 5.74) is 6.74. The van der Waals surface area contributed by atoms with Crippen molar-refractivity contribution in [1.29, 1.82) is 0 Å². The third-order valence-electron chi connectivity index (χ3n) is 5.10. The second-order valence-corrected chi connectivity index (χ2v) is 9.32. The summed E-state index contributed by atoms with van der Waals surface area (Å²) in [6.45, 7) is 4.43. The number of hydrazine groups is 1. The molecule has 172 valence electrons. The minimum absolute atomic E-state index is 0.0486. The van der Waals surface area contributed by atoms with Gasteiger partial charge in [-0.2, -0.15) is 0 Å². The molecule has 9 nitrogen and oxygen atoms in total. The minimum atomic E-state index is -3.80. The maximum absolute atomic E-state index is 12.5. The van der Waals surface area contributed by atoms with Crippen LogP contribution in [0.3, 0.4) is 0 Å². The molecular weight excluding hydrogens is 434 g/mol. The lowest BCUT2D eigenvalue weighted by Crippen LogP contribution is -2.43. The minimum Gasteiger partial charge on any atom is -0.484 e. The number of hydrogen-bond acceptors (Lipinski definition) is 6. The number of amides is 2. The SMILES string of the molecule is Cc1ccc(OCC(=O)NNC(=O)c2cccc(S(=O)(=O)NCC3CCCO3)c2)cc1C.